The van der Waals surface area contributed by atoms with Crippen LogP contribution in [0.2, 0.25) is 5.02 Å². The molecular formula is C12H8ClN3O. The number of nitriles is 1. The van der Waals surface area contributed by atoms with Gasteiger partial charge in [0.2, 0.25) is 11.7 Å². The maximum Gasteiger partial charge on any atom is 0.231 e. The summed E-state index contributed by atoms with van der Waals surface area (Å²) >= 11 is 5.80. The lowest BCUT2D eigenvalue weighted by molar-refractivity contribution is 0.378. The van der Waals surface area contributed by atoms with Crippen molar-refractivity contribution in [2.24, 2.45) is 5.92 Å². The van der Waals surface area contributed by atoms with Crippen molar-refractivity contribution in [3.05, 3.63) is 35.2 Å². The summed E-state index contributed by atoms with van der Waals surface area (Å²) < 4.78 is 5.16. The highest BCUT2D eigenvalue weighted by Crippen LogP contribution is 2.46. The van der Waals surface area contributed by atoms with Gasteiger partial charge in [0.05, 0.1) is 17.9 Å². The Bertz CT molecular complexity index is 585. The van der Waals surface area contributed by atoms with Crippen molar-refractivity contribution in [2.75, 3.05) is 0 Å². The van der Waals surface area contributed by atoms with E-state index in [2.05, 4.69) is 16.2 Å². The first-order chi connectivity index (χ1) is 8.28. The summed E-state index contributed by atoms with van der Waals surface area (Å²) in [4.78, 5) is 4.30. The van der Waals surface area contributed by atoms with Gasteiger partial charge in [-0.15, -0.1) is 0 Å². The number of halogens is 1. The summed E-state index contributed by atoms with van der Waals surface area (Å²) in [6.45, 7) is 0. The first-order valence-electron chi connectivity index (χ1n) is 5.27. The standard InChI is InChI=1S/C12H8ClN3O/c13-9-3-1-7(2-4-9)11-15-12(17-16-11)10-5-8(10)6-14/h1-4,8,10H,5H2. The van der Waals surface area contributed by atoms with Crippen LogP contribution in [0.15, 0.2) is 28.8 Å². The van der Waals surface area contributed by atoms with E-state index in [0.29, 0.717) is 16.7 Å². The Morgan fingerprint density at radius 2 is 2.12 bits per heavy atom. The van der Waals surface area contributed by atoms with Crippen molar-refractivity contribution in [2.45, 2.75) is 12.3 Å². The Hall–Kier alpha value is -1.86. The summed E-state index contributed by atoms with van der Waals surface area (Å²) in [7, 11) is 0. The Balaban J connectivity index is 1.86. The maximum atomic E-state index is 8.74. The van der Waals surface area contributed by atoms with Crippen LogP contribution in [0.5, 0.6) is 0 Å². The molecule has 4 nitrogen and oxygen atoms in total. The Kier molecular flexibility index (Phi) is 2.34. The average Bonchev–Trinajstić information content (AvgIpc) is 2.99. The molecule has 0 bridgehead atoms. The van der Waals surface area contributed by atoms with E-state index in [1.165, 1.54) is 0 Å². The van der Waals surface area contributed by atoms with Gasteiger partial charge in [-0.3, -0.25) is 0 Å². The van der Waals surface area contributed by atoms with Crippen molar-refractivity contribution in [3.63, 3.8) is 0 Å². The van der Waals surface area contributed by atoms with Gasteiger partial charge in [-0.05, 0) is 30.7 Å². The molecule has 0 amide bonds. The summed E-state index contributed by atoms with van der Waals surface area (Å²) in [5, 5.41) is 13.3. The molecule has 0 spiro atoms. The van der Waals surface area contributed by atoms with Crippen molar-refractivity contribution in [1.82, 2.24) is 10.1 Å². The minimum atomic E-state index is 0.0357. The molecule has 1 aromatic carbocycles. The van der Waals surface area contributed by atoms with Crippen molar-refractivity contribution >= 4 is 11.6 Å². The zero-order valence-corrected chi connectivity index (χ0v) is 9.55. The van der Waals surface area contributed by atoms with Gasteiger partial charge in [0.25, 0.3) is 0 Å². The molecule has 17 heavy (non-hydrogen) atoms. The van der Waals surface area contributed by atoms with E-state index >= 15 is 0 Å². The molecule has 0 saturated heterocycles. The molecule has 1 saturated carbocycles. The van der Waals surface area contributed by atoms with Crippen LogP contribution in [0.3, 0.4) is 0 Å². The highest BCUT2D eigenvalue weighted by Gasteiger charge is 2.43. The minimum Gasteiger partial charge on any atom is -0.339 e. The van der Waals surface area contributed by atoms with Crippen LogP contribution in [0.1, 0.15) is 18.2 Å². The maximum absolute atomic E-state index is 8.74. The molecule has 5 heteroatoms. The second kappa shape index (κ2) is 3.86. The molecule has 2 atom stereocenters. The first-order valence-corrected chi connectivity index (χ1v) is 5.65. The summed E-state index contributed by atoms with van der Waals surface area (Å²) in [5.74, 6) is 1.25. The third-order valence-electron chi connectivity index (χ3n) is 2.82. The van der Waals surface area contributed by atoms with Gasteiger partial charge in [-0.1, -0.05) is 16.8 Å². The predicted molar refractivity (Wildman–Crippen MR) is 61.2 cm³/mol. The SMILES string of the molecule is N#CC1CC1c1nc(-c2ccc(Cl)cc2)no1. The van der Waals surface area contributed by atoms with Gasteiger partial charge in [0.1, 0.15) is 0 Å². The largest absolute Gasteiger partial charge is 0.339 e. The number of hydrogen-bond acceptors (Lipinski definition) is 4. The van der Waals surface area contributed by atoms with E-state index in [4.69, 9.17) is 21.4 Å². The van der Waals surface area contributed by atoms with Crippen molar-refractivity contribution in [3.8, 4) is 17.5 Å². The second-order valence-electron chi connectivity index (χ2n) is 4.04. The summed E-state index contributed by atoms with van der Waals surface area (Å²) in [6.07, 6.45) is 0.818. The van der Waals surface area contributed by atoms with Crippen LogP contribution >= 0.6 is 11.6 Å². The van der Waals surface area contributed by atoms with E-state index in [0.717, 1.165) is 12.0 Å². The van der Waals surface area contributed by atoms with Crippen LogP contribution in [-0.2, 0) is 0 Å². The van der Waals surface area contributed by atoms with Gasteiger partial charge >= 0.3 is 0 Å². The van der Waals surface area contributed by atoms with Gasteiger partial charge < -0.3 is 4.52 Å². The highest BCUT2D eigenvalue weighted by atomic mass is 35.5. The molecule has 0 aliphatic heterocycles. The third-order valence-corrected chi connectivity index (χ3v) is 3.07. The second-order valence-corrected chi connectivity index (χ2v) is 4.48. The molecule has 0 N–H and O–H groups in total. The molecule has 1 aliphatic rings. The van der Waals surface area contributed by atoms with Gasteiger partial charge in [0.15, 0.2) is 0 Å². The smallest absolute Gasteiger partial charge is 0.231 e. The third kappa shape index (κ3) is 1.90. The zero-order valence-electron chi connectivity index (χ0n) is 8.80. The molecule has 1 fully saturated rings. The fourth-order valence-electron chi connectivity index (χ4n) is 1.71. The zero-order chi connectivity index (χ0) is 11.8. The fraction of sp³-hybridized carbons (Fsp3) is 0.250. The lowest BCUT2D eigenvalue weighted by Gasteiger charge is -1.93. The van der Waals surface area contributed by atoms with Crippen LogP contribution in [-0.4, -0.2) is 10.1 Å². The Morgan fingerprint density at radius 3 is 2.76 bits per heavy atom. The molecule has 1 aromatic heterocycles. The summed E-state index contributed by atoms with van der Waals surface area (Å²) in [5.41, 5.74) is 0.860. The molecule has 3 rings (SSSR count). The number of benzene rings is 1. The molecule has 84 valence electrons. The number of nitrogens with zero attached hydrogens (tertiary/aromatic N) is 3. The molecule has 1 heterocycles. The van der Waals surface area contributed by atoms with E-state index in [1.54, 1.807) is 12.1 Å². The lowest BCUT2D eigenvalue weighted by Crippen LogP contribution is -1.83. The van der Waals surface area contributed by atoms with Crippen molar-refractivity contribution in [1.29, 1.82) is 5.26 Å². The van der Waals surface area contributed by atoms with Crippen LogP contribution in [0, 0.1) is 17.2 Å². The lowest BCUT2D eigenvalue weighted by atomic mass is 10.2. The van der Waals surface area contributed by atoms with Crippen LogP contribution < -0.4 is 0 Å². The van der Waals surface area contributed by atoms with E-state index in [1.807, 2.05) is 12.1 Å². The average molecular weight is 246 g/mol. The van der Waals surface area contributed by atoms with Crippen molar-refractivity contribution < 1.29 is 4.52 Å². The fourth-order valence-corrected chi connectivity index (χ4v) is 1.84. The van der Waals surface area contributed by atoms with E-state index < -0.39 is 0 Å². The van der Waals surface area contributed by atoms with Gasteiger partial charge in [-0.25, -0.2) is 0 Å². The molecule has 0 radical (unpaired) electrons. The molecule has 2 aromatic rings. The van der Waals surface area contributed by atoms with Crippen LogP contribution in [0.25, 0.3) is 11.4 Å². The monoisotopic (exact) mass is 245 g/mol. The quantitative estimate of drug-likeness (QED) is 0.816. The Labute approximate surface area is 103 Å². The van der Waals surface area contributed by atoms with E-state index in [9.17, 15) is 0 Å². The van der Waals surface area contributed by atoms with Gasteiger partial charge in [0, 0.05) is 10.6 Å². The molecular weight excluding hydrogens is 238 g/mol. The first kappa shape index (κ1) is 10.3. The number of aromatic nitrogens is 2. The van der Waals surface area contributed by atoms with Crippen LogP contribution in [0.4, 0.5) is 0 Å². The Morgan fingerprint density at radius 1 is 1.35 bits per heavy atom. The summed E-state index contributed by atoms with van der Waals surface area (Å²) in [6, 6.07) is 9.44. The number of rotatable bonds is 2. The van der Waals surface area contributed by atoms with Gasteiger partial charge in [-0.2, -0.15) is 10.2 Å². The molecule has 2 unspecified atom stereocenters. The van der Waals surface area contributed by atoms with E-state index in [-0.39, 0.29) is 11.8 Å². The highest BCUT2D eigenvalue weighted by molar-refractivity contribution is 6.30. The molecule has 1 aliphatic carbocycles. The topological polar surface area (TPSA) is 62.7 Å². The predicted octanol–water partition coefficient (Wildman–Crippen LogP) is 3.02. The minimum absolute atomic E-state index is 0.0357. The normalized spacial score (nSPS) is 22.1. The number of hydrogen-bond donors (Lipinski definition) is 0.